The van der Waals surface area contributed by atoms with Gasteiger partial charge in [0, 0.05) is 26.1 Å². The summed E-state index contributed by atoms with van der Waals surface area (Å²) < 4.78 is 12.3. The number of carbonyl (C=O) groups is 1. The molecule has 10 heteroatoms. The number of hydrogen-bond donors (Lipinski definition) is 1. The van der Waals surface area contributed by atoms with Crippen molar-refractivity contribution in [3.63, 3.8) is 0 Å². The topological polar surface area (TPSA) is 91.2 Å². The maximum atomic E-state index is 12.1. The van der Waals surface area contributed by atoms with Crippen LogP contribution in [0.5, 0.6) is 5.88 Å². The Morgan fingerprint density at radius 1 is 1.48 bits per heavy atom. The molecule has 2 aromatic heterocycles. The first kappa shape index (κ1) is 15.7. The minimum atomic E-state index is -0.329. The smallest absolute Gasteiger partial charge is 0.264 e. The molecule has 1 amide bonds. The van der Waals surface area contributed by atoms with E-state index in [9.17, 15) is 4.79 Å². The van der Waals surface area contributed by atoms with Crippen LogP contribution in [0.4, 0.5) is 5.13 Å². The number of aromatic nitrogens is 4. The van der Waals surface area contributed by atoms with E-state index in [1.165, 1.54) is 34.9 Å². The van der Waals surface area contributed by atoms with Gasteiger partial charge in [0.2, 0.25) is 11.0 Å². The van der Waals surface area contributed by atoms with Crippen LogP contribution in [0, 0.1) is 0 Å². The Hall–Kier alpha value is -1.65. The van der Waals surface area contributed by atoms with Crippen molar-refractivity contribution in [1.29, 1.82) is 0 Å². The van der Waals surface area contributed by atoms with Gasteiger partial charge in [0.1, 0.15) is 5.56 Å². The van der Waals surface area contributed by atoms with Crippen LogP contribution in [0.15, 0.2) is 10.5 Å². The molecule has 0 radical (unpaired) electrons. The summed E-state index contributed by atoms with van der Waals surface area (Å²) in [6, 6.07) is 0. The van der Waals surface area contributed by atoms with Crippen LogP contribution in [0.3, 0.4) is 0 Å². The largest absolute Gasteiger partial charge is 0.479 e. The van der Waals surface area contributed by atoms with Gasteiger partial charge in [-0.25, -0.2) is 0 Å². The van der Waals surface area contributed by atoms with Gasteiger partial charge in [-0.05, 0) is 0 Å². The fourth-order valence-electron chi connectivity index (χ4n) is 1.47. The molecule has 0 aliphatic heterocycles. The van der Waals surface area contributed by atoms with Crippen molar-refractivity contribution in [2.75, 3.05) is 31.9 Å². The number of hydrogen-bond acceptors (Lipinski definition) is 8. The van der Waals surface area contributed by atoms with Crippen molar-refractivity contribution in [1.82, 2.24) is 20.0 Å². The van der Waals surface area contributed by atoms with Crippen molar-refractivity contribution in [2.24, 2.45) is 7.05 Å². The van der Waals surface area contributed by atoms with Crippen LogP contribution < -0.4 is 10.1 Å². The molecule has 2 heterocycles. The summed E-state index contributed by atoms with van der Waals surface area (Å²) in [5.41, 5.74) is 0.351. The van der Waals surface area contributed by atoms with E-state index in [-0.39, 0.29) is 11.8 Å². The van der Waals surface area contributed by atoms with Gasteiger partial charge in [0.25, 0.3) is 5.91 Å². The minimum Gasteiger partial charge on any atom is -0.479 e. The second kappa shape index (κ2) is 7.38. The molecule has 0 aliphatic carbocycles. The van der Waals surface area contributed by atoms with Crippen LogP contribution in [-0.2, 0) is 11.8 Å². The first-order chi connectivity index (χ1) is 10.1. The fourth-order valence-corrected chi connectivity index (χ4v) is 3.19. The third-order valence-electron chi connectivity index (χ3n) is 2.37. The minimum absolute atomic E-state index is 0.272. The first-order valence-electron chi connectivity index (χ1n) is 5.98. The van der Waals surface area contributed by atoms with Gasteiger partial charge < -0.3 is 9.47 Å². The standard InChI is InChI=1S/C11H15N5O3S2/c1-16-6-7(9(15-16)19-3)8(17)12-10-13-14-11(21-10)20-5-4-18-2/h6H,4-5H2,1-3H3,(H,12,13,17). The van der Waals surface area contributed by atoms with E-state index in [0.717, 1.165) is 10.1 Å². The third-order valence-corrected chi connectivity index (χ3v) is 4.31. The predicted octanol–water partition coefficient (Wildman–Crippen LogP) is 1.27. The highest BCUT2D eigenvalue weighted by atomic mass is 32.2. The molecule has 0 spiro atoms. The molecule has 0 atom stereocenters. The Morgan fingerprint density at radius 2 is 2.29 bits per heavy atom. The summed E-state index contributed by atoms with van der Waals surface area (Å²) in [5, 5.41) is 15.1. The lowest BCUT2D eigenvalue weighted by Gasteiger charge is -2.00. The van der Waals surface area contributed by atoms with Crippen molar-refractivity contribution >= 4 is 34.1 Å². The number of methoxy groups -OCH3 is 2. The van der Waals surface area contributed by atoms with Gasteiger partial charge in [-0.2, -0.15) is 0 Å². The number of thioether (sulfide) groups is 1. The second-order valence-corrected chi connectivity index (χ2v) is 6.21. The van der Waals surface area contributed by atoms with Crippen LogP contribution in [0.25, 0.3) is 0 Å². The number of carbonyl (C=O) groups excluding carboxylic acids is 1. The molecule has 1 N–H and O–H groups in total. The van der Waals surface area contributed by atoms with E-state index in [1.54, 1.807) is 20.4 Å². The zero-order valence-electron chi connectivity index (χ0n) is 11.8. The first-order valence-corrected chi connectivity index (χ1v) is 7.78. The van der Waals surface area contributed by atoms with Gasteiger partial charge in [-0.1, -0.05) is 23.1 Å². The summed E-state index contributed by atoms with van der Waals surface area (Å²) in [6.07, 6.45) is 1.59. The number of nitrogens with one attached hydrogen (secondary N) is 1. The number of nitrogens with zero attached hydrogens (tertiary/aromatic N) is 4. The molecule has 2 rings (SSSR count). The molecule has 0 saturated heterocycles. The van der Waals surface area contributed by atoms with Crippen molar-refractivity contribution in [2.45, 2.75) is 4.34 Å². The molecule has 0 bridgehead atoms. The van der Waals surface area contributed by atoms with Gasteiger partial charge in [0.05, 0.1) is 13.7 Å². The van der Waals surface area contributed by atoms with E-state index in [2.05, 4.69) is 20.6 Å². The van der Waals surface area contributed by atoms with E-state index >= 15 is 0 Å². The molecule has 114 valence electrons. The zero-order chi connectivity index (χ0) is 15.2. The molecular weight excluding hydrogens is 314 g/mol. The van der Waals surface area contributed by atoms with Crippen molar-refractivity contribution < 1.29 is 14.3 Å². The summed E-state index contributed by atoms with van der Waals surface area (Å²) in [7, 11) is 4.83. The lowest BCUT2D eigenvalue weighted by atomic mass is 10.3. The van der Waals surface area contributed by atoms with Crippen LogP contribution in [0.2, 0.25) is 0 Å². The summed E-state index contributed by atoms with van der Waals surface area (Å²) in [4.78, 5) is 12.1. The molecule has 0 aliphatic rings. The molecule has 21 heavy (non-hydrogen) atoms. The average Bonchev–Trinajstić information content (AvgIpc) is 3.05. The van der Waals surface area contributed by atoms with Crippen LogP contribution in [0.1, 0.15) is 10.4 Å². The quantitative estimate of drug-likeness (QED) is 0.464. The third kappa shape index (κ3) is 4.16. The van der Waals surface area contributed by atoms with Gasteiger partial charge >= 0.3 is 0 Å². The average molecular weight is 329 g/mol. The number of rotatable bonds is 7. The highest BCUT2D eigenvalue weighted by Gasteiger charge is 2.18. The number of anilines is 1. The summed E-state index contributed by atoms with van der Waals surface area (Å²) in [5.74, 6) is 0.730. The van der Waals surface area contributed by atoms with Crippen LogP contribution >= 0.6 is 23.1 Å². The fraction of sp³-hybridized carbons (Fsp3) is 0.455. The van der Waals surface area contributed by atoms with Gasteiger partial charge in [-0.15, -0.1) is 15.3 Å². The highest BCUT2D eigenvalue weighted by Crippen LogP contribution is 2.26. The molecule has 0 fully saturated rings. The predicted molar refractivity (Wildman–Crippen MR) is 80.2 cm³/mol. The Labute approximate surface area is 129 Å². The molecule has 8 nitrogen and oxygen atoms in total. The Kier molecular flexibility index (Phi) is 5.53. The summed E-state index contributed by atoms with van der Waals surface area (Å²) in [6.45, 7) is 0.638. The Bertz CT molecular complexity index is 613. The number of ether oxygens (including phenoxy) is 2. The molecule has 0 unspecified atom stereocenters. The van der Waals surface area contributed by atoms with Gasteiger partial charge in [-0.3, -0.25) is 14.8 Å². The number of aryl methyl sites for hydroxylation is 1. The second-order valence-electron chi connectivity index (χ2n) is 3.89. The van der Waals surface area contributed by atoms with Gasteiger partial charge in [0.15, 0.2) is 4.34 Å². The lowest BCUT2D eigenvalue weighted by Crippen LogP contribution is -2.12. The van der Waals surface area contributed by atoms with Crippen molar-refractivity contribution in [3.8, 4) is 5.88 Å². The maximum absolute atomic E-state index is 12.1. The lowest BCUT2D eigenvalue weighted by molar-refractivity contribution is 0.102. The number of amides is 1. The SMILES string of the molecule is COCCSc1nnc(NC(=O)c2cn(C)nc2OC)s1. The Balaban J connectivity index is 1.99. The monoisotopic (exact) mass is 329 g/mol. The van der Waals surface area contributed by atoms with Crippen LogP contribution in [-0.4, -0.2) is 52.5 Å². The zero-order valence-corrected chi connectivity index (χ0v) is 13.5. The van der Waals surface area contributed by atoms with E-state index < -0.39 is 0 Å². The molecular formula is C11H15N5O3S2. The molecule has 2 aromatic rings. The molecule has 0 aromatic carbocycles. The molecule has 0 saturated carbocycles. The normalized spacial score (nSPS) is 10.6. The van der Waals surface area contributed by atoms with E-state index in [1.807, 2.05) is 0 Å². The highest BCUT2D eigenvalue weighted by molar-refractivity contribution is 8.01. The van der Waals surface area contributed by atoms with E-state index in [0.29, 0.717) is 17.3 Å². The maximum Gasteiger partial charge on any atom is 0.264 e. The van der Waals surface area contributed by atoms with E-state index in [4.69, 9.17) is 9.47 Å². The van der Waals surface area contributed by atoms with Crippen molar-refractivity contribution in [3.05, 3.63) is 11.8 Å². The summed E-state index contributed by atoms with van der Waals surface area (Å²) >= 11 is 2.84. The Morgan fingerprint density at radius 3 is 3.00 bits per heavy atom.